The van der Waals surface area contributed by atoms with Crippen LogP contribution in [0.15, 0.2) is 35.7 Å². The minimum Gasteiger partial charge on any atom is -0.320 e. The van der Waals surface area contributed by atoms with Crippen LogP contribution >= 0.6 is 11.3 Å². The molecule has 0 radical (unpaired) electrons. The van der Waals surface area contributed by atoms with Crippen LogP contribution in [0.25, 0.3) is 0 Å². The Balaban J connectivity index is 1.75. The normalized spacial score (nSPS) is 17.9. The Labute approximate surface area is 130 Å². The molecular weight excluding hydrogens is 276 g/mol. The number of rotatable bonds is 2. The number of fused-ring (bicyclic) bond motifs is 1. The lowest BCUT2D eigenvalue weighted by Gasteiger charge is -2.33. The number of nitrogens with zero attached hydrogens (tertiary/aromatic N) is 1. The lowest BCUT2D eigenvalue weighted by Crippen LogP contribution is -2.32. The minimum absolute atomic E-state index is 0.411. The molecule has 0 amide bonds. The summed E-state index contributed by atoms with van der Waals surface area (Å²) < 4.78 is 0. The topological polar surface area (TPSA) is 29.3 Å². The van der Waals surface area contributed by atoms with Crippen LogP contribution < -0.4 is 5.73 Å². The summed E-state index contributed by atoms with van der Waals surface area (Å²) in [5.41, 5.74) is 9.32. The zero-order chi connectivity index (χ0) is 14.7. The Morgan fingerprint density at radius 1 is 1.38 bits per heavy atom. The quantitative estimate of drug-likeness (QED) is 0.863. The van der Waals surface area contributed by atoms with E-state index in [0.29, 0.717) is 12.6 Å². The van der Waals surface area contributed by atoms with Crippen LogP contribution in [0, 0.1) is 11.8 Å². The van der Waals surface area contributed by atoms with Crippen molar-refractivity contribution in [3.63, 3.8) is 0 Å². The van der Waals surface area contributed by atoms with E-state index in [-0.39, 0.29) is 0 Å². The van der Waals surface area contributed by atoms with E-state index in [4.69, 9.17) is 5.73 Å². The highest BCUT2D eigenvalue weighted by atomic mass is 32.1. The Morgan fingerprint density at radius 2 is 2.29 bits per heavy atom. The standard InChI is InChI=1S/C18H20N2S/c1-14-17-8-11-21-18(17)7-10-20(14)13-16-5-2-4-15(12-16)6-3-9-19/h2,4-5,8,11-12,14H,7,9-10,13,19H2,1H3. The molecule has 1 aromatic carbocycles. The number of hydrogen-bond acceptors (Lipinski definition) is 3. The second-order valence-electron chi connectivity index (χ2n) is 5.40. The summed E-state index contributed by atoms with van der Waals surface area (Å²) in [5.74, 6) is 6.03. The van der Waals surface area contributed by atoms with Crippen LogP contribution in [0.2, 0.25) is 0 Å². The Morgan fingerprint density at radius 3 is 3.14 bits per heavy atom. The molecule has 0 aliphatic carbocycles. The molecule has 1 atom stereocenters. The maximum absolute atomic E-state index is 5.44. The van der Waals surface area contributed by atoms with Crippen molar-refractivity contribution < 1.29 is 0 Å². The Bertz CT molecular complexity index is 678. The molecule has 1 unspecified atom stereocenters. The zero-order valence-electron chi connectivity index (χ0n) is 12.3. The van der Waals surface area contributed by atoms with Crippen molar-refractivity contribution in [2.24, 2.45) is 5.73 Å². The number of hydrogen-bond donors (Lipinski definition) is 1. The van der Waals surface area contributed by atoms with Gasteiger partial charge in [-0.1, -0.05) is 24.0 Å². The molecule has 1 aliphatic rings. The largest absolute Gasteiger partial charge is 0.320 e. The third-order valence-corrected chi connectivity index (χ3v) is 5.05. The molecule has 2 N–H and O–H groups in total. The first-order chi connectivity index (χ1) is 10.3. The fourth-order valence-corrected chi connectivity index (χ4v) is 3.88. The first kappa shape index (κ1) is 14.3. The molecule has 2 aromatic rings. The van der Waals surface area contributed by atoms with Crippen molar-refractivity contribution >= 4 is 11.3 Å². The van der Waals surface area contributed by atoms with E-state index in [1.54, 1.807) is 4.88 Å². The first-order valence-electron chi connectivity index (χ1n) is 7.36. The number of benzene rings is 1. The molecule has 108 valence electrons. The SMILES string of the molecule is CC1c2ccsc2CCN1Cc1cccc(C#CCN)c1. The number of thiophene rings is 1. The summed E-state index contributed by atoms with van der Waals surface area (Å²) in [6.07, 6.45) is 1.17. The van der Waals surface area contributed by atoms with E-state index in [1.807, 2.05) is 17.4 Å². The predicted molar refractivity (Wildman–Crippen MR) is 89.2 cm³/mol. The maximum Gasteiger partial charge on any atom is 0.0555 e. The average molecular weight is 296 g/mol. The fraction of sp³-hybridized carbons (Fsp3) is 0.333. The smallest absolute Gasteiger partial charge is 0.0555 e. The molecule has 21 heavy (non-hydrogen) atoms. The zero-order valence-corrected chi connectivity index (χ0v) is 13.1. The molecule has 0 saturated carbocycles. The van der Waals surface area contributed by atoms with Gasteiger partial charge in [-0.15, -0.1) is 11.3 Å². The van der Waals surface area contributed by atoms with E-state index in [1.165, 1.54) is 17.5 Å². The predicted octanol–water partition coefficient (Wildman–Crippen LogP) is 3.18. The molecule has 2 heterocycles. The van der Waals surface area contributed by atoms with Gasteiger partial charge in [0.15, 0.2) is 0 Å². The lowest BCUT2D eigenvalue weighted by molar-refractivity contribution is 0.191. The van der Waals surface area contributed by atoms with Gasteiger partial charge in [-0.25, -0.2) is 0 Å². The monoisotopic (exact) mass is 296 g/mol. The summed E-state index contributed by atoms with van der Waals surface area (Å²) in [7, 11) is 0. The van der Waals surface area contributed by atoms with Crippen LogP contribution in [0.4, 0.5) is 0 Å². The molecule has 0 bridgehead atoms. The van der Waals surface area contributed by atoms with Crippen LogP contribution in [0.5, 0.6) is 0 Å². The summed E-state index contributed by atoms with van der Waals surface area (Å²) in [5, 5.41) is 2.22. The van der Waals surface area contributed by atoms with E-state index in [2.05, 4.69) is 53.3 Å². The maximum atomic E-state index is 5.44. The van der Waals surface area contributed by atoms with Gasteiger partial charge in [0.05, 0.1) is 6.54 Å². The van der Waals surface area contributed by atoms with Crippen molar-refractivity contribution in [3.8, 4) is 11.8 Å². The third-order valence-electron chi connectivity index (χ3n) is 4.05. The van der Waals surface area contributed by atoms with Gasteiger partial charge >= 0.3 is 0 Å². The molecular formula is C18H20N2S. The fourth-order valence-electron chi connectivity index (χ4n) is 2.91. The van der Waals surface area contributed by atoms with Crippen molar-refractivity contribution in [2.75, 3.05) is 13.1 Å². The first-order valence-corrected chi connectivity index (χ1v) is 8.24. The molecule has 0 spiro atoms. The van der Waals surface area contributed by atoms with Crippen LogP contribution in [0.1, 0.15) is 34.5 Å². The van der Waals surface area contributed by atoms with Crippen molar-refractivity contribution in [2.45, 2.75) is 25.9 Å². The highest BCUT2D eigenvalue weighted by molar-refractivity contribution is 7.10. The molecule has 3 heteroatoms. The van der Waals surface area contributed by atoms with Gasteiger partial charge in [0.25, 0.3) is 0 Å². The van der Waals surface area contributed by atoms with Gasteiger partial charge in [-0.3, -0.25) is 4.90 Å². The third kappa shape index (κ3) is 3.19. The van der Waals surface area contributed by atoms with E-state index >= 15 is 0 Å². The van der Waals surface area contributed by atoms with Gasteiger partial charge < -0.3 is 5.73 Å². The van der Waals surface area contributed by atoms with Gasteiger partial charge in [0.1, 0.15) is 0 Å². The van der Waals surface area contributed by atoms with Gasteiger partial charge in [-0.2, -0.15) is 0 Å². The highest BCUT2D eigenvalue weighted by Crippen LogP contribution is 2.33. The molecule has 1 aliphatic heterocycles. The lowest BCUT2D eigenvalue weighted by atomic mass is 10.0. The van der Waals surface area contributed by atoms with E-state index in [9.17, 15) is 0 Å². The van der Waals surface area contributed by atoms with Gasteiger partial charge in [0, 0.05) is 29.6 Å². The van der Waals surface area contributed by atoms with E-state index in [0.717, 1.165) is 18.7 Å². The molecule has 2 nitrogen and oxygen atoms in total. The summed E-state index contributed by atoms with van der Waals surface area (Å²) in [4.78, 5) is 4.10. The van der Waals surface area contributed by atoms with Gasteiger partial charge in [0.2, 0.25) is 0 Å². The molecule has 0 saturated heterocycles. The second-order valence-corrected chi connectivity index (χ2v) is 6.40. The number of nitrogens with two attached hydrogens (primary N) is 1. The van der Waals surface area contributed by atoms with Crippen molar-refractivity contribution in [1.29, 1.82) is 0 Å². The van der Waals surface area contributed by atoms with E-state index < -0.39 is 0 Å². The van der Waals surface area contributed by atoms with Crippen LogP contribution in [0.3, 0.4) is 0 Å². The van der Waals surface area contributed by atoms with Crippen molar-refractivity contribution in [3.05, 3.63) is 57.3 Å². The summed E-state index contributed by atoms with van der Waals surface area (Å²) in [6.45, 7) is 4.83. The average Bonchev–Trinajstić information content (AvgIpc) is 2.98. The Hall–Kier alpha value is -1.60. The molecule has 0 fully saturated rings. The molecule has 3 rings (SSSR count). The minimum atomic E-state index is 0.411. The van der Waals surface area contributed by atoms with Crippen molar-refractivity contribution in [1.82, 2.24) is 4.90 Å². The molecule has 1 aromatic heterocycles. The van der Waals surface area contributed by atoms with Crippen LogP contribution in [-0.2, 0) is 13.0 Å². The second kappa shape index (κ2) is 6.44. The Kier molecular flexibility index (Phi) is 4.40. The summed E-state index contributed by atoms with van der Waals surface area (Å²) >= 11 is 1.89. The van der Waals surface area contributed by atoms with Crippen LogP contribution in [-0.4, -0.2) is 18.0 Å². The van der Waals surface area contributed by atoms with Gasteiger partial charge in [-0.05, 0) is 48.1 Å². The summed E-state index contributed by atoms with van der Waals surface area (Å²) in [6, 6.07) is 11.3. The highest BCUT2D eigenvalue weighted by Gasteiger charge is 2.24.